The topological polar surface area (TPSA) is 127 Å². The Labute approximate surface area is 159 Å². The van der Waals surface area contributed by atoms with E-state index in [9.17, 15) is 14.4 Å². The molecule has 9 nitrogen and oxygen atoms in total. The Morgan fingerprint density at radius 3 is 2.78 bits per heavy atom. The van der Waals surface area contributed by atoms with E-state index in [1.165, 1.54) is 11.3 Å². The molecule has 0 radical (unpaired) electrons. The third-order valence-corrected chi connectivity index (χ3v) is 5.71. The van der Waals surface area contributed by atoms with Crippen molar-refractivity contribution in [3.8, 4) is 0 Å². The van der Waals surface area contributed by atoms with Crippen LogP contribution in [0.15, 0.2) is 4.63 Å². The maximum absolute atomic E-state index is 12.4. The van der Waals surface area contributed by atoms with Crippen LogP contribution < -0.4 is 10.6 Å². The molecule has 1 aliphatic carbocycles. The molecule has 1 aliphatic rings. The highest BCUT2D eigenvalue weighted by atomic mass is 32.1. The standard InChI is InChI=1S/C17H21N5O4S/c1-4-8(2)15(24)20-17-19-11-5-10(6-13(23)14(11)27-17)16(25)18-7-12-9(3)21-26-22-12/h8,10H,4-7H2,1-3H3,(H,18,25)(H,19,20,24). The first-order chi connectivity index (χ1) is 12.9. The van der Waals surface area contributed by atoms with Gasteiger partial charge in [0.05, 0.1) is 23.0 Å². The van der Waals surface area contributed by atoms with E-state index in [1.54, 1.807) is 6.92 Å². The maximum Gasteiger partial charge on any atom is 0.228 e. The van der Waals surface area contributed by atoms with Crippen molar-refractivity contribution in [2.24, 2.45) is 11.8 Å². The quantitative estimate of drug-likeness (QED) is 0.769. The first-order valence-corrected chi connectivity index (χ1v) is 9.60. The molecule has 0 spiro atoms. The van der Waals surface area contributed by atoms with Crippen LogP contribution in [0.1, 0.15) is 53.4 Å². The third kappa shape index (κ3) is 4.21. The van der Waals surface area contributed by atoms with Crippen LogP contribution in [-0.2, 0) is 22.6 Å². The zero-order valence-corrected chi connectivity index (χ0v) is 16.2. The molecule has 0 saturated heterocycles. The van der Waals surface area contributed by atoms with E-state index in [-0.39, 0.29) is 36.5 Å². The number of ketones is 1. The summed E-state index contributed by atoms with van der Waals surface area (Å²) in [5.74, 6) is -1.12. The average Bonchev–Trinajstić information content (AvgIpc) is 3.24. The SMILES string of the molecule is CCC(C)C(=O)Nc1nc2c(s1)C(=O)CC(C(=O)NCc1nonc1C)C2. The Balaban J connectivity index is 1.65. The number of fused-ring (bicyclic) bond motifs is 1. The second-order valence-electron chi connectivity index (χ2n) is 6.64. The smallest absolute Gasteiger partial charge is 0.228 e. The molecule has 0 aromatic carbocycles. The van der Waals surface area contributed by atoms with Crippen LogP contribution in [0.4, 0.5) is 5.13 Å². The number of hydrogen-bond acceptors (Lipinski definition) is 8. The minimum Gasteiger partial charge on any atom is -0.350 e. The van der Waals surface area contributed by atoms with Crippen LogP contribution in [0.25, 0.3) is 0 Å². The van der Waals surface area contributed by atoms with E-state index in [0.717, 1.165) is 6.42 Å². The highest BCUT2D eigenvalue weighted by Gasteiger charge is 2.33. The Morgan fingerprint density at radius 1 is 1.33 bits per heavy atom. The van der Waals surface area contributed by atoms with E-state index >= 15 is 0 Å². The molecule has 2 atom stereocenters. The molecule has 0 aliphatic heterocycles. The highest BCUT2D eigenvalue weighted by Crippen LogP contribution is 2.32. The van der Waals surface area contributed by atoms with Crippen molar-refractivity contribution in [2.45, 2.75) is 46.6 Å². The number of nitrogens with one attached hydrogen (secondary N) is 2. The number of aryl methyl sites for hydroxylation is 1. The summed E-state index contributed by atoms with van der Waals surface area (Å²) in [5.41, 5.74) is 1.73. The summed E-state index contributed by atoms with van der Waals surface area (Å²) in [6.45, 7) is 5.69. The average molecular weight is 391 g/mol. The molecule has 27 heavy (non-hydrogen) atoms. The van der Waals surface area contributed by atoms with Crippen LogP contribution in [0.2, 0.25) is 0 Å². The number of anilines is 1. The fourth-order valence-electron chi connectivity index (χ4n) is 2.71. The highest BCUT2D eigenvalue weighted by molar-refractivity contribution is 7.17. The summed E-state index contributed by atoms with van der Waals surface area (Å²) < 4.78 is 4.60. The molecule has 2 amide bonds. The van der Waals surface area contributed by atoms with Gasteiger partial charge < -0.3 is 10.6 Å². The van der Waals surface area contributed by atoms with Gasteiger partial charge in [-0.1, -0.05) is 35.5 Å². The number of aromatic nitrogens is 3. The fraction of sp³-hybridized carbons (Fsp3) is 0.529. The molecule has 2 unspecified atom stereocenters. The van der Waals surface area contributed by atoms with Crippen LogP contribution in [0.5, 0.6) is 0 Å². The molecule has 3 rings (SSSR count). The number of carbonyl (C=O) groups is 3. The van der Waals surface area contributed by atoms with E-state index in [0.29, 0.717) is 33.5 Å². The molecule has 10 heteroatoms. The van der Waals surface area contributed by atoms with Gasteiger partial charge in [-0.05, 0) is 13.3 Å². The van der Waals surface area contributed by atoms with Gasteiger partial charge in [-0.15, -0.1) is 0 Å². The minimum atomic E-state index is -0.495. The second-order valence-corrected chi connectivity index (χ2v) is 7.63. The molecule has 0 bridgehead atoms. The zero-order valence-electron chi connectivity index (χ0n) is 15.4. The zero-order chi connectivity index (χ0) is 19.6. The van der Waals surface area contributed by atoms with Gasteiger partial charge in [0.25, 0.3) is 0 Å². The van der Waals surface area contributed by atoms with Gasteiger partial charge in [0.15, 0.2) is 10.9 Å². The first-order valence-electron chi connectivity index (χ1n) is 8.78. The number of rotatable bonds is 6. The van der Waals surface area contributed by atoms with Gasteiger partial charge >= 0.3 is 0 Å². The van der Waals surface area contributed by atoms with Crippen LogP contribution in [-0.4, -0.2) is 32.9 Å². The van der Waals surface area contributed by atoms with Crippen LogP contribution >= 0.6 is 11.3 Å². The van der Waals surface area contributed by atoms with Crippen molar-refractivity contribution in [1.29, 1.82) is 0 Å². The molecule has 144 valence electrons. The van der Waals surface area contributed by atoms with Gasteiger partial charge in [-0.3, -0.25) is 14.4 Å². The summed E-state index contributed by atoms with van der Waals surface area (Å²) in [4.78, 5) is 41.8. The van der Waals surface area contributed by atoms with E-state index in [4.69, 9.17) is 0 Å². The van der Waals surface area contributed by atoms with Gasteiger partial charge in [-0.2, -0.15) is 0 Å². The predicted octanol–water partition coefficient (Wildman–Crippen LogP) is 1.88. The lowest BCUT2D eigenvalue weighted by Crippen LogP contribution is -2.35. The van der Waals surface area contributed by atoms with Gasteiger partial charge in [0.1, 0.15) is 11.4 Å². The summed E-state index contributed by atoms with van der Waals surface area (Å²) in [5, 5.41) is 13.3. The van der Waals surface area contributed by atoms with Gasteiger partial charge in [-0.25, -0.2) is 9.61 Å². The minimum absolute atomic E-state index is 0.121. The van der Waals surface area contributed by atoms with Crippen molar-refractivity contribution in [3.63, 3.8) is 0 Å². The molecule has 0 saturated carbocycles. The lowest BCUT2D eigenvalue weighted by Gasteiger charge is -2.19. The van der Waals surface area contributed by atoms with Crippen molar-refractivity contribution in [3.05, 3.63) is 22.0 Å². The van der Waals surface area contributed by atoms with Crippen LogP contribution in [0.3, 0.4) is 0 Å². The van der Waals surface area contributed by atoms with Crippen molar-refractivity contribution < 1.29 is 19.0 Å². The lowest BCUT2D eigenvalue weighted by molar-refractivity contribution is -0.125. The van der Waals surface area contributed by atoms with Gasteiger partial charge in [0.2, 0.25) is 11.8 Å². The Morgan fingerprint density at radius 2 is 2.11 bits per heavy atom. The molecular weight excluding hydrogens is 370 g/mol. The summed E-state index contributed by atoms with van der Waals surface area (Å²) in [6, 6.07) is 0. The largest absolute Gasteiger partial charge is 0.350 e. The molecule has 2 aromatic heterocycles. The predicted molar refractivity (Wildman–Crippen MR) is 97.2 cm³/mol. The summed E-state index contributed by atoms with van der Waals surface area (Å²) in [6.07, 6.45) is 1.20. The second kappa shape index (κ2) is 7.95. The number of carbonyl (C=O) groups excluding carboxylic acids is 3. The number of thiazole rings is 1. The molecule has 2 heterocycles. The van der Waals surface area contributed by atoms with E-state index in [2.05, 4.69) is 30.6 Å². The Hall–Kier alpha value is -2.62. The van der Waals surface area contributed by atoms with Crippen molar-refractivity contribution in [1.82, 2.24) is 20.6 Å². The maximum atomic E-state index is 12.4. The Kier molecular flexibility index (Phi) is 5.64. The first kappa shape index (κ1) is 19.2. The van der Waals surface area contributed by atoms with Crippen molar-refractivity contribution >= 4 is 34.1 Å². The summed E-state index contributed by atoms with van der Waals surface area (Å²) in [7, 11) is 0. The van der Waals surface area contributed by atoms with E-state index < -0.39 is 5.92 Å². The molecular formula is C17H21N5O4S. The van der Waals surface area contributed by atoms with Crippen molar-refractivity contribution in [2.75, 3.05) is 5.32 Å². The Bertz CT molecular complexity index is 875. The number of amides is 2. The number of nitrogens with zero attached hydrogens (tertiary/aromatic N) is 3. The third-order valence-electron chi connectivity index (χ3n) is 4.66. The number of hydrogen-bond donors (Lipinski definition) is 2. The summed E-state index contributed by atoms with van der Waals surface area (Å²) >= 11 is 1.17. The normalized spacial score (nSPS) is 17.3. The molecule has 2 aromatic rings. The number of Topliss-reactive ketones (excluding diaryl/α,β-unsaturated/α-hetero) is 1. The lowest BCUT2D eigenvalue weighted by atomic mass is 9.89. The van der Waals surface area contributed by atoms with E-state index in [1.807, 2.05) is 13.8 Å². The van der Waals surface area contributed by atoms with Gasteiger partial charge in [0, 0.05) is 18.8 Å². The molecule has 0 fully saturated rings. The van der Waals surface area contributed by atoms with Crippen LogP contribution in [0, 0.1) is 18.8 Å². The fourth-order valence-corrected chi connectivity index (χ4v) is 3.65. The monoisotopic (exact) mass is 391 g/mol. The molecule has 2 N–H and O–H groups in total.